The molecule has 2 nitrogen and oxygen atoms in total. The summed E-state index contributed by atoms with van der Waals surface area (Å²) < 4.78 is 1.23. The Labute approximate surface area is 150 Å². The number of rotatable bonds is 6. The number of carbonyl (C=O) groups is 1. The standard InChI is InChI=1S/C20H18ClNOS/c21-17-9-10-19-18(13-17)16(14-24-19)11-12-22-20(23)8-4-7-15-5-2-1-3-6-15/h1-7,9-10,13-14H,8,11-12H2,(H,22,23). The van der Waals surface area contributed by atoms with E-state index in [0.29, 0.717) is 13.0 Å². The molecule has 122 valence electrons. The maximum absolute atomic E-state index is 11.9. The Balaban J connectivity index is 1.48. The van der Waals surface area contributed by atoms with E-state index < -0.39 is 0 Å². The van der Waals surface area contributed by atoms with Gasteiger partial charge in [-0.3, -0.25) is 4.79 Å². The van der Waals surface area contributed by atoms with E-state index in [1.165, 1.54) is 15.6 Å². The highest BCUT2D eigenvalue weighted by molar-refractivity contribution is 7.17. The molecule has 1 heterocycles. The Kier molecular flexibility index (Phi) is 5.68. The Hall–Kier alpha value is -2.10. The smallest absolute Gasteiger partial charge is 0.223 e. The lowest BCUT2D eigenvalue weighted by atomic mass is 10.1. The molecule has 0 unspecified atom stereocenters. The fourth-order valence-corrected chi connectivity index (χ4v) is 3.67. The van der Waals surface area contributed by atoms with Crippen molar-refractivity contribution < 1.29 is 4.79 Å². The molecular weight excluding hydrogens is 338 g/mol. The number of halogens is 1. The number of carbonyl (C=O) groups excluding carboxylic acids is 1. The predicted molar refractivity (Wildman–Crippen MR) is 104 cm³/mol. The second-order valence-corrected chi connectivity index (χ2v) is 6.87. The maximum Gasteiger partial charge on any atom is 0.223 e. The van der Waals surface area contributed by atoms with Gasteiger partial charge in [-0.25, -0.2) is 0 Å². The van der Waals surface area contributed by atoms with Crippen LogP contribution in [0.15, 0.2) is 60.0 Å². The number of benzene rings is 2. The zero-order valence-electron chi connectivity index (χ0n) is 13.2. The highest BCUT2D eigenvalue weighted by Crippen LogP contribution is 2.28. The highest BCUT2D eigenvalue weighted by Gasteiger charge is 2.05. The van der Waals surface area contributed by atoms with Crippen molar-refractivity contribution in [3.05, 3.63) is 76.1 Å². The summed E-state index contributed by atoms with van der Waals surface area (Å²) in [6.45, 7) is 0.635. The molecule has 0 aliphatic carbocycles. The van der Waals surface area contributed by atoms with Crippen molar-refractivity contribution >= 4 is 45.0 Å². The largest absolute Gasteiger partial charge is 0.356 e. The van der Waals surface area contributed by atoms with Crippen molar-refractivity contribution in [1.29, 1.82) is 0 Å². The van der Waals surface area contributed by atoms with Crippen LogP contribution in [0.2, 0.25) is 5.02 Å². The summed E-state index contributed by atoms with van der Waals surface area (Å²) in [5, 5.41) is 7.04. The average Bonchev–Trinajstić information content (AvgIpc) is 2.98. The van der Waals surface area contributed by atoms with Crippen molar-refractivity contribution in [2.45, 2.75) is 12.8 Å². The molecule has 24 heavy (non-hydrogen) atoms. The lowest BCUT2D eigenvalue weighted by Gasteiger charge is -2.03. The number of thiophene rings is 1. The summed E-state index contributed by atoms with van der Waals surface area (Å²) in [6.07, 6.45) is 5.07. The molecule has 0 saturated heterocycles. The molecule has 1 amide bonds. The lowest BCUT2D eigenvalue weighted by molar-refractivity contribution is -0.120. The van der Waals surface area contributed by atoms with Crippen LogP contribution < -0.4 is 5.32 Å². The molecule has 3 rings (SSSR count). The Morgan fingerprint density at radius 2 is 2.00 bits per heavy atom. The second-order valence-electron chi connectivity index (χ2n) is 5.52. The number of nitrogens with one attached hydrogen (secondary N) is 1. The summed E-state index contributed by atoms with van der Waals surface area (Å²) >= 11 is 7.78. The van der Waals surface area contributed by atoms with Crippen molar-refractivity contribution in [2.75, 3.05) is 6.54 Å². The molecule has 3 aromatic rings. The first kappa shape index (κ1) is 16.7. The summed E-state index contributed by atoms with van der Waals surface area (Å²) in [4.78, 5) is 11.9. The van der Waals surface area contributed by atoms with Gasteiger partial charge in [0, 0.05) is 22.7 Å². The molecule has 0 atom stereocenters. The van der Waals surface area contributed by atoms with Crippen molar-refractivity contribution in [3.63, 3.8) is 0 Å². The molecule has 0 bridgehead atoms. The molecule has 1 aromatic heterocycles. The molecule has 0 aliphatic heterocycles. The molecular formula is C20H18ClNOS. The van der Waals surface area contributed by atoms with Crippen molar-refractivity contribution in [2.24, 2.45) is 0 Å². The van der Waals surface area contributed by atoms with E-state index in [0.717, 1.165) is 17.0 Å². The van der Waals surface area contributed by atoms with Gasteiger partial charge in [-0.1, -0.05) is 54.1 Å². The normalized spacial score (nSPS) is 11.2. The van der Waals surface area contributed by atoms with E-state index in [-0.39, 0.29) is 5.91 Å². The summed E-state index contributed by atoms with van der Waals surface area (Å²) in [6, 6.07) is 15.9. The summed E-state index contributed by atoms with van der Waals surface area (Å²) in [5.74, 6) is 0.0414. The maximum atomic E-state index is 11.9. The van der Waals surface area contributed by atoms with E-state index in [2.05, 4.69) is 10.7 Å². The molecule has 1 N–H and O–H groups in total. The Morgan fingerprint density at radius 1 is 1.17 bits per heavy atom. The van der Waals surface area contributed by atoms with Gasteiger partial charge in [0.25, 0.3) is 0 Å². The zero-order valence-corrected chi connectivity index (χ0v) is 14.7. The van der Waals surface area contributed by atoms with Gasteiger partial charge in [0.1, 0.15) is 0 Å². The van der Waals surface area contributed by atoms with Crippen LogP contribution in [0.5, 0.6) is 0 Å². The minimum Gasteiger partial charge on any atom is -0.356 e. The van der Waals surface area contributed by atoms with Crippen LogP contribution in [0.4, 0.5) is 0 Å². The van der Waals surface area contributed by atoms with Crippen molar-refractivity contribution in [3.8, 4) is 0 Å². The van der Waals surface area contributed by atoms with Gasteiger partial charge >= 0.3 is 0 Å². The van der Waals surface area contributed by atoms with Crippen LogP contribution in [-0.4, -0.2) is 12.5 Å². The average molecular weight is 356 g/mol. The van der Waals surface area contributed by atoms with Crippen molar-refractivity contribution in [1.82, 2.24) is 5.32 Å². The topological polar surface area (TPSA) is 29.1 Å². The molecule has 2 aromatic carbocycles. The first-order valence-corrected chi connectivity index (χ1v) is 9.12. The third-order valence-electron chi connectivity index (χ3n) is 3.75. The molecule has 0 fully saturated rings. The fraction of sp³-hybridized carbons (Fsp3) is 0.150. The van der Waals surface area contributed by atoms with Crippen LogP contribution in [0.1, 0.15) is 17.5 Å². The first-order chi connectivity index (χ1) is 11.7. The Morgan fingerprint density at radius 3 is 2.83 bits per heavy atom. The molecule has 0 saturated carbocycles. The van der Waals surface area contributed by atoms with Crippen LogP contribution in [0.25, 0.3) is 16.2 Å². The predicted octanol–water partition coefficient (Wildman–Crippen LogP) is 5.32. The molecule has 4 heteroatoms. The fourth-order valence-electron chi connectivity index (χ4n) is 2.52. The van der Waals surface area contributed by atoms with Crippen LogP contribution >= 0.6 is 22.9 Å². The third-order valence-corrected chi connectivity index (χ3v) is 4.99. The SMILES string of the molecule is O=C(CC=Cc1ccccc1)NCCc1csc2ccc(Cl)cc12. The monoisotopic (exact) mass is 355 g/mol. The minimum absolute atomic E-state index is 0.0414. The number of hydrogen-bond donors (Lipinski definition) is 1. The number of hydrogen-bond acceptors (Lipinski definition) is 2. The van der Waals surface area contributed by atoms with E-state index in [4.69, 9.17) is 11.6 Å². The first-order valence-electron chi connectivity index (χ1n) is 7.86. The van der Waals surface area contributed by atoms with Gasteiger partial charge in [0.2, 0.25) is 5.91 Å². The number of amides is 1. The molecule has 0 aliphatic rings. The number of fused-ring (bicyclic) bond motifs is 1. The quantitative estimate of drug-likeness (QED) is 0.637. The van der Waals surface area contributed by atoms with Crippen LogP contribution in [0, 0.1) is 0 Å². The van der Waals surface area contributed by atoms with Gasteiger partial charge in [-0.2, -0.15) is 0 Å². The van der Waals surface area contributed by atoms with E-state index in [9.17, 15) is 4.79 Å². The van der Waals surface area contributed by atoms with Gasteiger partial charge in [0.05, 0.1) is 0 Å². The van der Waals surface area contributed by atoms with Gasteiger partial charge in [0.15, 0.2) is 0 Å². The van der Waals surface area contributed by atoms with E-state index >= 15 is 0 Å². The van der Waals surface area contributed by atoms with Gasteiger partial charge < -0.3 is 5.32 Å². The lowest BCUT2D eigenvalue weighted by Crippen LogP contribution is -2.24. The third kappa shape index (κ3) is 4.47. The van der Waals surface area contributed by atoms with E-state index in [1.807, 2.05) is 60.7 Å². The van der Waals surface area contributed by atoms with E-state index in [1.54, 1.807) is 11.3 Å². The highest BCUT2D eigenvalue weighted by atomic mass is 35.5. The van der Waals surface area contributed by atoms with Gasteiger partial charge in [-0.05, 0) is 46.5 Å². The van der Waals surface area contributed by atoms with Crippen LogP contribution in [-0.2, 0) is 11.2 Å². The minimum atomic E-state index is 0.0414. The Bertz CT molecular complexity index is 854. The second kappa shape index (κ2) is 8.13. The zero-order chi connectivity index (χ0) is 16.8. The van der Waals surface area contributed by atoms with Crippen LogP contribution in [0.3, 0.4) is 0 Å². The molecule has 0 spiro atoms. The molecule has 0 radical (unpaired) electrons. The summed E-state index contributed by atoms with van der Waals surface area (Å²) in [5.41, 5.74) is 2.34. The van der Waals surface area contributed by atoms with Gasteiger partial charge in [-0.15, -0.1) is 11.3 Å². The summed E-state index contributed by atoms with van der Waals surface area (Å²) in [7, 11) is 0.